The normalized spacial score (nSPS) is 15.2. The second kappa shape index (κ2) is 8.07. The van der Waals surface area contributed by atoms with Gasteiger partial charge in [0.05, 0.1) is 0 Å². The molecule has 1 aromatic heterocycles. The summed E-state index contributed by atoms with van der Waals surface area (Å²) in [5, 5.41) is 8.48. The minimum absolute atomic E-state index is 0.0294. The summed E-state index contributed by atoms with van der Waals surface area (Å²) in [6.07, 6.45) is 0. The highest BCUT2D eigenvalue weighted by molar-refractivity contribution is 5.92. The smallest absolute Gasteiger partial charge is 0.274 e. The van der Waals surface area contributed by atoms with E-state index in [1.807, 2.05) is 29.2 Å². The van der Waals surface area contributed by atoms with Gasteiger partial charge in [0.25, 0.3) is 5.91 Å². The van der Waals surface area contributed by atoms with Gasteiger partial charge in [-0.25, -0.2) is 0 Å². The fourth-order valence-electron chi connectivity index (χ4n) is 2.94. The Morgan fingerprint density at radius 1 is 1.04 bits per heavy atom. The van der Waals surface area contributed by atoms with E-state index in [4.69, 9.17) is 0 Å². The zero-order chi connectivity index (χ0) is 17.6. The Kier molecular flexibility index (Phi) is 5.60. The molecule has 6 heteroatoms. The van der Waals surface area contributed by atoms with E-state index >= 15 is 0 Å². The average Bonchev–Trinajstić information content (AvgIpc) is 2.67. The number of aromatic nitrogens is 2. The monoisotopic (exact) mass is 339 g/mol. The Morgan fingerprint density at radius 3 is 2.36 bits per heavy atom. The van der Waals surface area contributed by atoms with Crippen molar-refractivity contribution in [2.24, 2.45) is 0 Å². The van der Waals surface area contributed by atoms with Crippen molar-refractivity contribution in [3.63, 3.8) is 0 Å². The van der Waals surface area contributed by atoms with Crippen LogP contribution in [0.15, 0.2) is 42.5 Å². The number of hydrogen-bond donors (Lipinski definition) is 0. The predicted octanol–water partition coefficient (Wildman–Crippen LogP) is 1.89. The Balaban J connectivity index is 1.67. The van der Waals surface area contributed by atoms with Crippen molar-refractivity contribution in [2.45, 2.75) is 13.5 Å². The zero-order valence-electron chi connectivity index (χ0n) is 14.9. The molecule has 2 heterocycles. The van der Waals surface area contributed by atoms with E-state index in [1.165, 1.54) is 5.56 Å². The number of likely N-dealkylation sites (N-methyl/N-ethyl adjacent to an activating group) is 1. The first-order valence-electron chi connectivity index (χ1n) is 8.78. The molecule has 0 saturated carbocycles. The number of piperazine rings is 1. The van der Waals surface area contributed by atoms with Crippen LogP contribution < -0.4 is 4.90 Å². The molecule has 2 aromatic rings. The number of carbonyl (C=O) groups excluding carboxylic acids is 1. The van der Waals surface area contributed by atoms with E-state index < -0.39 is 0 Å². The van der Waals surface area contributed by atoms with Crippen molar-refractivity contribution in [2.75, 3.05) is 44.7 Å². The molecule has 1 aliphatic heterocycles. The number of hydrogen-bond acceptors (Lipinski definition) is 5. The lowest BCUT2D eigenvalue weighted by molar-refractivity contribution is 0.0657. The molecule has 6 nitrogen and oxygen atoms in total. The maximum Gasteiger partial charge on any atom is 0.274 e. The third-order valence-corrected chi connectivity index (χ3v) is 4.58. The van der Waals surface area contributed by atoms with Gasteiger partial charge in [-0.15, -0.1) is 10.2 Å². The molecule has 0 unspecified atom stereocenters. The van der Waals surface area contributed by atoms with E-state index in [1.54, 1.807) is 6.07 Å². The van der Waals surface area contributed by atoms with Crippen molar-refractivity contribution < 1.29 is 4.79 Å². The van der Waals surface area contributed by atoms with Gasteiger partial charge >= 0.3 is 0 Å². The SMILES string of the molecule is CCN(Cc1ccccc1)c1ccc(C(=O)N2CCN(C)CC2)nn1. The molecule has 0 radical (unpaired) electrons. The van der Waals surface area contributed by atoms with Crippen molar-refractivity contribution in [1.82, 2.24) is 20.0 Å². The lowest BCUT2D eigenvalue weighted by Crippen LogP contribution is -2.47. The van der Waals surface area contributed by atoms with E-state index in [0.717, 1.165) is 45.1 Å². The molecular weight excluding hydrogens is 314 g/mol. The molecule has 1 saturated heterocycles. The molecule has 0 aliphatic carbocycles. The molecule has 0 atom stereocenters. The van der Waals surface area contributed by atoms with Gasteiger partial charge in [0.2, 0.25) is 0 Å². The number of amides is 1. The minimum Gasteiger partial charge on any atom is -0.351 e. The van der Waals surface area contributed by atoms with Gasteiger partial charge in [-0.2, -0.15) is 0 Å². The quantitative estimate of drug-likeness (QED) is 0.833. The minimum atomic E-state index is -0.0294. The Bertz CT molecular complexity index is 681. The molecule has 1 aliphatic rings. The fourth-order valence-corrected chi connectivity index (χ4v) is 2.94. The standard InChI is InChI=1S/C19H25N5O/c1-3-23(15-16-7-5-4-6-8-16)18-10-9-17(20-21-18)19(25)24-13-11-22(2)12-14-24/h4-10H,3,11-15H2,1-2H3. The van der Waals surface area contributed by atoms with Crippen molar-refractivity contribution in [1.29, 1.82) is 0 Å². The first kappa shape index (κ1) is 17.4. The molecule has 0 bridgehead atoms. The molecule has 1 amide bonds. The molecule has 1 aromatic carbocycles. The topological polar surface area (TPSA) is 52.6 Å². The number of carbonyl (C=O) groups is 1. The summed E-state index contributed by atoms with van der Waals surface area (Å²) in [4.78, 5) is 18.8. The van der Waals surface area contributed by atoms with Crippen LogP contribution in [0, 0.1) is 0 Å². The third kappa shape index (κ3) is 4.33. The Labute approximate surface area is 149 Å². The van der Waals surface area contributed by atoms with Gasteiger partial charge in [-0.1, -0.05) is 30.3 Å². The molecule has 3 rings (SSSR count). The first-order valence-corrected chi connectivity index (χ1v) is 8.78. The number of anilines is 1. The summed E-state index contributed by atoms with van der Waals surface area (Å²) in [6, 6.07) is 14.0. The van der Waals surface area contributed by atoms with Crippen LogP contribution in [0.2, 0.25) is 0 Å². The predicted molar refractivity (Wildman–Crippen MR) is 98.6 cm³/mol. The molecule has 0 N–H and O–H groups in total. The lowest BCUT2D eigenvalue weighted by atomic mass is 10.2. The second-order valence-corrected chi connectivity index (χ2v) is 6.37. The maximum absolute atomic E-state index is 12.5. The maximum atomic E-state index is 12.5. The molecule has 1 fully saturated rings. The Hall–Kier alpha value is -2.47. The average molecular weight is 339 g/mol. The Morgan fingerprint density at radius 2 is 1.76 bits per heavy atom. The van der Waals surface area contributed by atoms with E-state index in [-0.39, 0.29) is 5.91 Å². The zero-order valence-corrected chi connectivity index (χ0v) is 14.9. The first-order chi connectivity index (χ1) is 12.2. The van der Waals surface area contributed by atoms with E-state index in [0.29, 0.717) is 5.69 Å². The molecule has 0 spiro atoms. The highest BCUT2D eigenvalue weighted by atomic mass is 16.2. The van der Waals surface area contributed by atoms with Gasteiger partial charge in [0, 0.05) is 39.3 Å². The van der Waals surface area contributed by atoms with E-state index in [2.05, 4.69) is 46.1 Å². The van der Waals surface area contributed by atoms with Crippen molar-refractivity contribution >= 4 is 11.7 Å². The van der Waals surface area contributed by atoms with Crippen molar-refractivity contribution in [3.8, 4) is 0 Å². The van der Waals surface area contributed by atoms with Crippen LogP contribution in [0.25, 0.3) is 0 Å². The van der Waals surface area contributed by atoms with Gasteiger partial charge in [-0.05, 0) is 31.7 Å². The van der Waals surface area contributed by atoms with Gasteiger partial charge < -0.3 is 14.7 Å². The summed E-state index contributed by atoms with van der Waals surface area (Å²) in [5.74, 6) is 0.763. The summed E-state index contributed by atoms with van der Waals surface area (Å²) >= 11 is 0. The van der Waals surface area contributed by atoms with Gasteiger partial charge in [0.15, 0.2) is 11.5 Å². The lowest BCUT2D eigenvalue weighted by Gasteiger charge is -2.32. The summed E-state index contributed by atoms with van der Waals surface area (Å²) < 4.78 is 0. The largest absolute Gasteiger partial charge is 0.351 e. The van der Waals surface area contributed by atoms with Gasteiger partial charge in [0.1, 0.15) is 0 Å². The van der Waals surface area contributed by atoms with E-state index in [9.17, 15) is 4.79 Å². The van der Waals surface area contributed by atoms with Crippen LogP contribution in [0.4, 0.5) is 5.82 Å². The summed E-state index contributed by atoms with van der Waals surface area (Å²) in [6.45, 7) is 6.98. The van der Waals surface area contributed by atoms with Crippen LogP contribution in [-0.4, -0.2) is 65.7 Å². The van der Waals surface area contributed by atoms with Crippen LogP contribution in [0.3, 0.4) is 0 Å². The van der Waals surface area contributed by atoms with Crippen LogP contribution in [-0.2, 0) is 6.54 Å². The molecular formula is C19H25N5O. The number of benzene rings is 1. The number of rotatable bonds is 5. The highest BCUT2D eigenvalue weighted by Gasteiger charge is 2.21. The third-order valence-electron chi connectivity index (χ3n) is 4.58. The fraction of sp³-hybridized carbons (Fsp3) is 0.421. The number of nitrogens with zero attached hydrogens (tertiary/aromatic N) is 5. The second-order valence-electron chi connectivity index (χ2n) is 6.37. The van der Waals surface area contributed by atoms with Crippen LogP contribution >= 0.6 is 0 Å². The summed E-state index contributed by atoms with van der Waals surface area (Å²) in [5.41, 5.74) is 1.65. The molecule has 132 valence electrons. The van der Waals surface area contributed by atoms with Gasteiger partial charge in [-0.3, -0.25) is 4.79 Å². The van der Waals surface area contributed by atoms with Crippen LogP contribution in [0.1, 0.15) is 23.0 Å². The summed E-state index contributed by atoms with van der Waals surface area (Å²) in [7, 11) is 2.07. The van der Waals surface area contributed by atoms with Crippen LogP contribution in [0.5, 0.6) is 0 Å². The van der Waals surface area contributed by atoms with Crippen molar-refractivity contribution in [3.05, 3.63) is 53.7 Å². The molecule has 25 heavy (non-hydrogen) atoms. The highest BCUT2D eigenvalue weighted by Crippen LogP contribution is 2.14.